The molecule has 5 aliphatic rings. The quantitative estimate of drug-likeness (QED) is 0.732. The van der Waals surface area contributed by atoms with E-state index in [2.05, 4.69) is 9.80 Å². The van der Waals surface area contributed by atoms with E-state index in [1.54, 1.807) is 0 Å². The molecule has 1 aromatic carbocycles. The maximum atomic E-state index is 7.10. The number of hydrogen-bond acceptors (Lipinski definition) is 7. The number of anilines is 3. The number of fused-ring (bicyclic) bond motifs is 6. The lowest BCUT2D eigenvalue weighted by molar-refractivity contribution is 0.0902. The minimum absolute atomic E-state index is 0.305. The molecule has 0 spiro atoms. The first-order valence-corrected chi connectivity index (χ1v) is 11.7. The molecule has 0 radical (unpaired) electrons. The standard InChI is InChI=1S/C23H28ClN5O2/c24-20-22(28-9-14-1-6-17(28)11-30-10-14)26-21(15-2-4-16(25)5-3-15)27-23(20)29-18-7-8-19(29)13-31-12-18/h2-5,14,17-19H,1,6-13,25H2. The van der Waals surface area contributed by atoms with Crippen LogP contribution in [0.4, 0.5) is 17.3 Å². The van der Waals surface area contributed by atoms with Gasteiger partial charge in [0.15, 0.2) is 17.5 Å². The Labute approximate surface area is 187 Å². The van der Waals surface area contributed by atoms with Gasteiger partial charge in [-0.25, -0.2) is 9.97 Å². The van der Waals surface area contributed by atoms with E-state index in [-0.39, 0.29) is 0 Å². The van der Waals surface area contributed by atoms with Gasteiger partial charge in [-0.3, -0.25) is 0 Å². The van der Waals surface area contributed by atoms with Crippen LogP contribution in [0.1, 0.15) is 25.7 Å². The van der Waals surface area contributed by atoms with Crippen molar-refractivity contribution in [2.75, 3.05) is 48.5 Å². The number of nitrogens with zero attached hydrogens (tertiary/aromatic N) is 4. The topological polar surface area (TPSA) is 76.7 Å². The summed E-state index contributed by atoms with van der Waals surface area (Å²) in [4.78, 5) is 14.8. The Morgan fingerprint density at radius 1 is 0.839 bits per heavy atom. The number of aromatic nitrogens is 2. The molecular weight excluding hydrogens is 414 g/mol. The molecule has 1 aromatic heterocycles. The Bertz CT molecular complexity index is 951. The van der Waals surface area contributed by atoms with E-state index < -0.39 is 0 Å². The monoisotopic (exact) mass is 441 g/mol. The minimum atomic E-state index is 0.305. The lowest BCUT2D eigenvalue weighted by Crippen LogP contribution is -2.47. The molecule has 2 N–H and O–H groups in total. The van der Waals surface area contributed by atoms with Crippen molar-refractivity contribution < 1.29 is 9.47 Å². The number of morpholine rings is 1. The zero-order valence-electron chi connectivity index (χ0n) is 17.5. The average Bonchev–Trinajstić information content (AvgIpc) is 3.01. The predicted molar refractivity (Wildman–Crippen MR) is 122 cm³/mol. The minimum Gasteiger partial charge on any atom is -0.399 e. The van der Waals surface area contributed by atoms with E-state index in [4.69, 9.17) is 36.8 Å². The molecule has 0 aliphatic carbocycles. The number of hydrogen-bond donors (Lipinski definition) is 1. The molecule has 4 bridgehead atoms. The van der Waals surface area contributed by atoms with Crippen LogP contribution in [0, 0.1) is 5.92 Å². The van der Waals surface area contributed by atoms with E-state index in [0.717, 1.165) is 75.1 Å². The van der Waals surface area contributed by atoms with Gasteiger partial charge in [-0.15, -0.1) is 0 Å². The molecule has 5 aliphatic heterocycles. The third-order valence-corrected chi connectivity index (χ3v) is 7.55. The van der Waals surface area contributed by atoms with Crippen molar-refractivity contribution in [1.29, 1.82) is 0 Å². The molecule has 0 amide bonds. The van der Waals surface area contributed by atoms with Crippen LogP contribution < -0.4 is 15.5 Å². The second-order valence-electron chi connectivity index (χ2n) is 9.25. The van der Waals surface area contributed by atoms with Gasteiger partial charge in [-0.1, -0.05) is 11.6 Å². The SMILES string of the molecule is Nc1ccc(-c2nc(N3CC4CCC3COC4)c(Cl)c(N3C4CCC3COC4)n2)cc1. The maximum Gasteiger partial charge on any atom is 0.163 e. The molecule has 4 unspecified atom stereocenters. The fourth-order valence-corrected chi connectivity index (χ4v) is 5.85. The number of nitrogens with two attached hydrogens (primary N) is 1. The van der Waals surface area contributed by atoms with Crippen LogP contribution in [0.5, 0.6) is 0 Å². The smallest absolute Gasteiger partial charge is 0.163 e. The first-order valence-electron chi connectivity index (χ1n) is 11.3. The molecule has 8 heteroatoms. The van der Waals surface area contributed by atoms with Crippen molar-refractivity contribution in [3.63, 3.8) is 0 Å². The van der Waals surface area contributed by atoms with Gasteiger partial charge in [-0.05, 0) is 55.9 Å². The summed E-state index contributed by atoms with van der Waals surface area (Å²) in [6, 6.07) is 8.71. The summed E-state index contributed by atoms with van der Waals surface area (Å²) in [5.41, 5.74) is 7.60. The summed E-state index contributed by atoms with van der Waals surface area (Å²) < 4.78 is 11.7. The summed E-state index contributed by atoms with van der Waals surface area (Å²) >= 11 is 7.10. The Balaban J connectivity index is 1.48. The highest BCUT2D eigenvalue weighted by Crippen LogP contribution is 2.43. The van der Waals surface area contributed by atoms with Crippen LogP contribution in [0.2, 0.25) is 5.02 Å². The van der Waals surface area contributed by atoms with Crippen molar-refractivity contribution in [1.82, 2.24) is 9.97 Å². The predicted octanol–water partition coefficient (Wildman–Crippen LogP) is 3.36. The van der Waals surface area contributed by atoms with E-state index in [1.807, 2.05) is 24.3 Å². The summed E-state index contributed by atoms with van der Waals surface area (Å²) in [6.07, 6.45) is 4.54. The Kier molecular flexibility index (Phi) is 4.93. The van der Waals surface area contributed by atoms with Gasteiger partial charge in [0.05, 0.1) is 44.6 Å². The molecule has 164 valence electrons. The number of ether oxygens (including phenoxy) is 2. The summed E-state index contributed by atoms with van der Waals surface area (Å²) in [7, 11) is 0. The normalized spacial score (nSPS) is 30.0. The number of piperidine rings is 1. The van der Waals surface area contributed by atoms with E-state index >= 15 is 0 Å². The van der Waals surface area contributed by atoms with Gasteiger partial charge in [0.2, 0.25) is 0 Å². The van der Waals surface area contributed by atoms with Crippen LogP contribution in [-0.4, -0.2) is 61.1 Å². The van der Waals surface area contributed by atoms with Crippen LogP contribution in [0.25, 0.3) is 11.4 Å². The zero-order chi connectivity index (χ0) is 20.9. The Morgan fingerprint density at radius 2 is 1.48 bits per heavy atom. The highest BCUT2D eigenvalue weighted by atomic mass is 35.5. The van der Waals surface area contributed by atoms with Gasteiger partial charge >= 0.3 is 0 Å². The van der Waals surface area contributed by atoms with Gasteiger partial charge in [0.25, 0.3) is 0 Å². The van der Waals surface area contributed by atoms with Crippen molar-refractivity contribution in [3.05, 3.63) is 29.3 Å². The van der Waals surface area contributed by atoms with Crippen LogP contribution >= 0.6 is 11.6 Å². The number of rotatable bonds is 3. The third kappa shape index (κ3) is 3.43. The fraction of sp³-hybridized carbons (Fsp3) is 0.565. The molecule has 4 atom stereocenters. The lowest BCUT2D eigenvalue weighted by Gasteiger charge is -2.39. The Morgan fingerprint density at radius 3 is 2.26 bits per heavy atom. The van der Waals surface area contributed by atoms with Crippen LogP contribution in [-0.2, 0) is 9.47 Å². The molecule has 2 aromatic rings. The average molecular weight is 442 g/mol. The Hall–Kier alpha value is -2.09. The molecule has 31 heavy (non-hydrogen) atoms. The van der Waals surface area contributed by atoms with E-state index in [9.17, 15) is 0 Å². The maximum absolute atomic E-state index is 7.10. The van der Waals surface area contributed by atoms with Crippen LogP contribution in [0.3, 0.4) is 0 Å². The van der Waals surface area contributed by atoms with Gasteiger partial charge < -0.3 is 25.0 Å². The van der Waals surface area contributed by atoms with E-state index in [1.165, 1.54) is 6.42 Å². The van der Waals surface area contributed by atoms with Crippen LogP contribution in [0.15, 0.2) is 24.3 Å². The molecule has 7 rings (SSSR count). The largest absolute Gasteiger partial charge is 0.399 e. The molecule has 5 fully saturated rings. The van der Waals surface area contributed by atoms with Crippen molar-refractivity contribution >= 4 is 28.9 Å². The summed E-state index contributed by atoms with van der Waals surface area (Å²) in [5, 5.41) is 0.658. The fourth-order valence-electron chi connectivity index (χ4n) is 5.56. The number of benzene rings is 1. The third-order valence-electron chi connectivity index (χ3n) is 7.21. The van der Waals surface area contributed by atoms with Crippen molar-refractivity contribution in [2.45, 2.75) is 43.8 Å². The second kappa shape index (κ2) is 7.80. The summed E-state index contributed by atoms with van der Waals surface area (Å²) in [5.74, 6) is 2.90. The second-order valence-corrected chi connectivity index (χ2v) is 9.63. The zero-order valence-corrected chi connectivity index (χ0v) is 18.3. The van der Waals surface area contributed by atoms with Crippen molar-refractivity contribution in [2.24, 2.45) is 5.92 Å². The number of nitrogen functional groups attached to an aromatic ring is 1. The molecule has 5 saturated heterocycles. The molecule has 6 heterocycles. The van der Waals surface area contributed by atoms with Gasteiger partial charge in [-0.2, -0.15) is 0 Å². The number of halogens is 1. The van der Waals surface area contributed by atoms with Gasteiger partial charge in [0, 0.05) is 17.8 Å². The molecule has 7 nitrogen and oxygen atoms in total. The first-order chi connectivity index (χ1) is 15.2. The highest BCUT2D eigenvalue weighted by Gasteiger charge is 2.41. The molecule has 0 saturated carbocycles. The van der Waals surface area contributed by atoms with Crippen molar-refractivity contribution in [3.8, 4) is 11.4 Å². The summed E-state index contributed by atoms with van der Waals surface area (Å²) in [6.45, 7) is 3.93. The lowest BCUT2D eigenvalue weighted by atomic mass is 9.95. The van der Waals surface area contributed by atoms with E-state index in [0.29, 0.717) is 34.9 Å². The highest BCUT2D eigenvalue weighted by molar-refractivity contribution is 6.35. The van der Waals surface area contributed by atoms with Gasteiger partial charge in [0.1, 0.15) is 5.02 Å². The first kappa shape index (κ1) is 19.6. The molecular formula is C23H28ClN5O2.